The van der Waals surface area contributed by atoms with Gasteiger partial charge in [0.2, 0.25) is 0 Å². The molecule has 0 aliphatic rings. The van der Waals surface area contributed by atoms with Crippen molar-refractivity contribution < 1.29 is 10.2 Å². The van der Waals surface area contributed by atoms with Crippen LogP contribution in [0.1, 0.15) is 0 Å². The summed E-state index contributed by atoms with van der Waals surface area (Å²) in [5.74, 6) is 0.176. The van der Waals surface area contributed by atoms with Gasteiger partial charge in [-0.25, -0.2) is 0 Å². The van der Waals surface area contributed by atoms with E-state index >= 15 is 0 Å². The molecule has 0 bridgehead atoms. The Morgan fingerprint density at radius 2 is 0.615 bits per heavy atom. The molecule has 0 aromatic heterocycles. The van der Waals surface area contributed by atoms with Gasteiger partial charge in [-0.1, -0.05) is 78.9 Å². The van der Waals surface area contributed by atoms with E-state index in [0.717, 1.165) is 0 Å². The highest BCUT2D eigenvalue weighted by atomic mass is 16.3. The third kappa shape index (κ3) is 2.93. The lowest BCUT2D eigenvalue weighted by Gasteiger charge is -2.09. The van der Waals surface area contributed by atoms with E-state index in [1.165, 1.54) is 50.5 Å². The molecule has 0 aliphatic heterocycles. The second kappa shape index (κ2) is 6.77. The lowest BCUT2D eigenvalue weighted by atomic mass is 9.95. The molecule has 5 rings (SSSR count). The molecular formula is C24H18O2. The first kappa shape index (κ1) is 16.0. The van der Waals surface area contributed by atoms with Crippen LogP contribution in [0.3, 0.4) is 0 Å². The Balaban J connectivity index is 0.000000178. The van der Waals surface area contributed by atoms with E-state index in [9.17, 15) is 0 Å². The number of benzene rings is 5. The van der Waals surface area contributed by atoms with Crippen LogP contribution in [0, 0.1) is 0 Å². The van der Waals surface area contributed by atoms with Crippen molar-refractivity contribution in [1.82, 2.24) is 0 Å². The fourth-order valence-electron chi connectivity index (χ4n) is 3.35. The van der Waals surface area contributed by atoms with Crippen LogP contribution in [0.5, 0.6) is 11.5 Å². The fraction of sp³-hybridized carbons (Fsp3) is 0. The number of aromatic hydroxyl groups is 2. The maximum atomic E-state index is 8.65. The van der Waals surface area contributed by atoms with Crippen molar-refractivity contribution in [1.29, 1.82) is 0 Å². The smallest absolute Gasteiger partial charge is 0.119 e. The van der Waals surface area contributed by atoms with E-state index in [2.05, 4.69) is 72.8 Å². The van der Waals surface area contributed by atoms with Gasteiger partial charge in [-0.05, 0) is 44.5 Å². The second-order valence-corrected chi connectivity index (χ2v) is 6.16. The van der Waals surface area contributed by atoms with E-state index in [1.807, 2.05) is 0 Å². The van der Waals surface area contributed by atoms with E-state index in [-0.39, 0.29) is 11.5 Å². The molecule has 0 radical (unpaired) electrons. The molecule has 5 aromatic rings. The van der Waals surface area contributed by atoms with Gasteiger partial charge in [0.15, 0.2) is 0 Å². The number of rotatable bonds is 0. The summed E-state index contributed by atoms with van der Waals surface area (Å²) in [4.78, 5) is 0. The first-order valence-corrected chi connectivity index (χ1v) is 8.50. The average molecular weight is 338 g/mol. The standard InChI is InChI=1S/C18H12.C6H6O2/c1-2-8-14-13(7-1)15-9-3-4-11-17(15)18-12-6-5-10-16(14)18;7-5-2-1-3-6(8)4-5/h1-12H;1-4,7-8H. The molecule has 126 valence electrons. The molecule has 0 fully saturated rings. The van der Waals surface area contributed by atoms with Crippen molar-refractivity contribution in [3.8, 4) is 11.5 Å². The number of hydrogen-bond acceptors (Lipinski definition) is 2. The summed E-state index contributed by atoms with van der Waals surface area (Å²) >= 11 is 0. The SMILES string of the molecule is Oc1cccc(O)c1.c1ccc2c(c1)c1ccccc1c1ccccc21. The van der Waals surface area contributed by atoms with Crippen molar-refractivity contribution in [2.24, 2.45) is 0 Å². The van der Waals surface area contributed by atoms with Crippen LogP contribution in [0.25, 0.3) is 32.3 Å². The first-order chi connectivity index (χ1) is 12.7. The van der Waals surface area contributed by atoms with Gasteiger partial charge < -0.3 is 10.2 Å². The van der Waals surface area contributed by atoms with Crippen LogP contribution in [0.2, 0.25) is 0 Å². The number of fused-ring (bicyclic) bond motifs is 6. The van der Waals surface area contributed by atoms with Crippen LogP contribution in [0.15, 0.2) is 97.1 Å². The zero-order valence-electron chi connectivity index (χ0n) is 14.1. The lowest BCUT2D eigenvalue weighted by Crippen LogP contribution is -1.81. The molecule has 26 heavy (non-hydrogen) atoms. The van der Waals surface area contributed by atoms with E-state index in [0.29, 0.717) is 0 Å². The maximum Gasteiger partial charge on any atom is 0.119 e. The summed E-state index contributed by atoms with van der Waals surface area (Å²) in [5, 5.41) is 25.3. The molecule has 0 aliphatic carbocycles. The molecule has 0 heterocycles. The molecule has 2 N–H and O–H groups in total. The number of phenols is 2. The largest absolute Gasteiger partial charge is 0.508 e. The van der Waals surface area contributed by atoms with Crippen LogP contribution >= 0.6 is 0 Å². The molecule has 0 saturated carbocycles. The van der Waals surface area contributed by atoms with Crippen molar-refractivity contribution in [3.63, 3.8) is 0 Å². The maximum absolute atomic E-state index is 8.65. The molecule has 5 aromatic carbocycles. The first-order valence-electron chi connectivity index (χ1n) is 8.50. The van der Waals surface area contributed by atoms with Crippen LogP contribution < -0.4 is 0 Å². The molecular weight excluding hydrogens is 320 g/mol. The van der Waals surface area contributed by atoms with Crippen LogP contribution in [-0.4, -0.2) is 10.2 Å². The van der Waals surface area contributed by atoms with Crippen molar-refractivity contribution in [3.05, 3.63) is 97.1 Å². The predicted molar refractivity (Wildman–Crippen MR) is 109 cm³/mol. The van der Waals surface area contributed by atoms with Gasteiger partial charge >= 0.3 is 0 Å². The summed E-state index contributed by atoms with van der Waals surface area (Å²) in [6.45, 7) is 0. The Morgan fingerprint density at radius 3 is 0.808 bits per heavy atom. The molecule has 0 saturated heterocycles. The Bertz CT molecular complexity index is 971. The minimum absolute atomic E-state index is 0.0880. The Morgan fingerprint density at radius 1 is 0.346 bits per heavy atom. The quantitative estimate of drug-likeness (QED) is 0.328. The summed E-state index contributed by atoms with van der Waals surface area (Å²) in [5.41, 5.74) is 0. The molecule has 0 unspecified atom stereocenters. The normalized spacial score (nSPS) is 10.6. The van der Waals surface area contributed by atoms with Crippen molar-refractivity contribution in [2.45, 2.75) is 0 Å². The van der Waals surface area contributed by atoms with E-state index in [4.69, 9.17) is 10.2 Å². The van der Waals surface area contributed by atoms with Crippen LogP contribution in [0.4, 0.5) is 0 Å². The minimum Gasteiger partial charge on any atom is -0.508 e. The van der Waals surface area contributed by atoms with Crippen molar-refractivity contribution in [2.75, 3.05) is 0 Å². The van der Waals surface area contributed by atoms with Crippen molar-refractivity contribution >= 4 is 32.3 Å². The molecule has 2 heteroatoms. The highest BCUT2D eigenvalue weighted by molar-refractivity contribution is 6.25. The molecule has 0 atom stereocenters. The third-order valence-electron chi connectivity index (χ3n) is 4.48. The third-order valence-corrected chi connectivity index (χ3v) is 4.48. The summed E-state index contributed by atoms with van der Waals surface area (Å²) in [6.07, 6.45) is 0. The Kier molecular flexibility index (Phi) is 4.16. The summed E-state index contributed by atoms with van der Waals surface area (Å²) < 4.78 is 0. The van der Waals surface area contributed by atoms with E-state index < -0.39 is 0 Å². The highest BCUT2D eigenvalue weighted by Gasteiger charge is 2.06. The Hall–Kier alpha value is -3.52. The van der Waals surface area contributed by atoms with Gasteiger partial charge in [-0.2, -0.15) is 0 Å². The van der Waals surface area contributed by atoms with E-state index in [1.54, 1.807) is 6.07 Å². The monoisotopic (exact) mass is 338 g/mol. The highest BCUT2D eigenvalue weighted by Crippen LogP contribution is 2.34. The zero-order valence-corrected chi connectivity index (χ0v) is 14.1. The summed E-state index contributed by atoms with van der Waals surface area (Å²) in [6, 6.07) is 31.8. The summed E-state index contributed by atoms with van der Waals surface area (Å²) in [7, 11) is 0. The lowest BCUT2D eigenvalue weighted by molar-refractivity contribution is 0.450. The molecule has 0 amide bonds. The topological polar surface area (TPSA) is 40.5 Å². The number of hydrogen-bond donors (Lipinski definition) is 2. The van der Waals surface area contributed by atoms with Gasteiger partial charge in [-0.3, -0.25) is 0 Å². The van der Waals surface area contributed by atoms with Gasteiger partial charge in [0.05, 0.1) is 0 Å². The molecule has 0 spiro atoms. The van der Waals surface area contributed by atoms with Gasteiger partial charge in [0, 0.05) is 6.07 Å². The second-order valence-electron chi connectivity index (χ2n) is 6.16. The van der Waals surface area contributed by atoms with Gasteiger partial charge in [-0.15, -0.1) is 0 Å². The van der Waals surface area contributed by atoms with Gasteiger partial charge in [0.1, 0.15) is 11.5 Å². The average Bonchev–Trinajstić information content (AvgIpc) is 2.69. The Labute approximate surface area is 151 Å². The van der Waals surface area contributed by atoms with Gasteiger partial charge in [0.25, 0.3) is 0 Å². The van der Waals surface area contributed by atoms with Crippen LogP contribution in [-0.2, 0) is 0 Å². The predicted octanol–water partition coefficient (Wildman–Crippen LogP) is 6.24. The zero-order chi connectivity index (χ0) is 17.9. The molecule has 2 nitrogen and oxygen atoms in total. The minimum atomic E-state index is 0.0880. The fourth-order valence-corrected chi connectivity index (χ4v) is 3.35. The number of phenolic OH excluding ortho intramolecular Hbond substituents is 2.